The maximum atomic E-state index is 9.80. The number of hydrogen-bond acceptors (Lipinski definition) is 5. The lowest BCUT2D eigenvalue weighted by molar-refractivity contribution is 0.352. The lowest BCUT2D eigenvalue weighted by Gasteiger charge is -2.28. The number of nitriles is 1. The molecular weight excluding hydrogens is 422 g/mol. The van der Waals surface area contributed by atoms with Crippen molar-refractivity contribution in [2.45, 2.75) is 5.92 Å². The normalized spacial score (nSPS) is 15.8. The number of aryl methyl sites for hydroxylation is 1. The maximum absolute atomic E-state index is 9.80. The maximum Gasteiger partial charge on any atom is 0.205 e. The summed E-state index contributed by atoms with van der Waals surface area (Å²) in [6.45, 7) is 0. The third-order valence-corrected chi connectivity index (χ3v) is 5.60. The summed E-state index contributed by atoms with van der Waals surface area (Å²) in [6.07, 6.45) is 1.97. The molecule has 1 atom stereocenters. The molecule has 6 nitrogen and oxygen atoms in total. The van der Waals surface area contributed by atoms with E-state index in [4.69, 9.17) is 19.9 Å². The number of aromatic nitrogens is 1. The molecule has 0 saturated carbocycles. The van der Waals surface area contributed by atoms with Crippen LogP contribution in [0.5, 0.6) is 17.2 Å². The zero-order valence-electron chi connectivity index (χ0n) is 15.6. The van der Waals surface area contributed by atoms with Gasteiger partial charge in [0.15, 0.2) is 17.2 Å². The molecule has 3 aromatic rings. The third-order valence-electron chi connectivity index (χ3n) is 5.01. The Hall–Kier alpha value is -3.11. The predicted molar refractivity (Wildman–Crippen MR) is 109 cm³/mol. The summed E-state index contributed by atoms with van der Waals surface area (Å²) in [4.78, 5) is 0. The molecular formula is C21H18BrN3O3. The van der Waals surface area contributed by atoms with Crippen LogP contribution in [-0.2, 0) is 7.05 Å². The van der Waals surface area contributed by atoms with Gasteiger partial charge in [0.2, 0.25) is 5.88 Å². The Morgan fingerprint density at radius 1 is 1.21 bits per heavy atom. The minimum atomic E-state index is -0.385. The molecule has 0 saturated heterocycles. The molecule has 1 aromatic heterocycles. The molecule has 0 bridgehead atoms. The van der Waals surface area contributed by atoms with Crippen molar-refractivity contribution >= 4 is 26.8 Å². The molecule has 28 heavy (non-hydrogen) atoms. The van der Waals surface area contributed by atoms with Crippen molar-refractivity contribution in [2.75, 3.05) is 14.2 Å². The number of allylic oxidation sites excluding steroid dienone is 1. The highest BCUT2D eigenvalue weighted by atomic mass is 79.9. The molecule has 142 valence electrons. The van der Waals surface area contributed by atoms with Gasteiger partial charge in [-0.25, -0.2) is 0 Å². The molecule has 0 aliphatic carbocycles. The quantitative estimate of drug-likeness (QED) is 0.661. The topological polar surface area (TPSA) is 82.4 Å². The van der Waals surface area contributed by atoms with E-state index in [0.29, 0.717) is 22.8 Å². The lowest BCUT2D eigenvalue weighted by atomic mass is 9.83. The van der Waals surface area contributed by atoms with E-state index < -0.39 is 0 Å². The number of nitrogens with zero attached hydrogens (tertiary/aromatic N) is 2. The van der Waals surface area contributed by atoms with Crippen molar-refractivity contribution in [2.24, 2.45) is 12.8 Å². The summed E-state index contributed by atoms with van der Waals surface area (Å²) in [5.74, 6) is 1.55. The molecule has 4 rings (SSSR count). The lowest BCUT2D eigenvalue weighted by Crippen LogP contribution is -2.21. The Morgan fingerprint density at radius 3 is 2.68 bits per heavy atom. The highest BCUT2D eigenvalue weighted by molar-refractivity contribution is 9.10. The Bertz CT molecular complexity index is 1170. The van der Waals surface area contributed by atoms with E-state index in [-0.39, 0.29) is 11.8 Å². The summed E-state index contributed by atoms with van der Waals surface area (Å²) in [5.41, 5.74) is 9.18. The smallest absolute Gasteiger partial charge is 0.205 e. The van der Waals surface area contributed by atoms with Gasteiger partial charge in [-0.05, 0) is 39.7 Å². The van der Waals surface area contributed by atoms with Crippen LogP contribution in [0.25, 0.3) is 10.9 Å². The number of methoxy groups -OCH3 is 2. The van der Waals surface area contributed by atoms with Crippen molar-refractivity contribution in [1.29, 1.82) is 5.26 Å². The van der Waals surface area contributed by atoms with Crippen LogP contribution in [-0.4, -0.2) is 18.8 Å². The number of hydrogen-bond donors (Lipinski definition) is 1. The van der Waals surface area contributed by atoms with Crippen molar-refractivity contribution in [1.82, 2.24) is 4.57 Å². The van der Waals surface area contributed by atoms with Crippen LogP contribution in [0.3, 0.4) is 0 Å². The summed E-state index contributed by atoms with van der Waals surface area (Å²) < 4.78 is 19.5. The number of rotatable bonds is 3. The van der Waals surface area contributed by atoms with Gasteiger partial charge in [-0.3, -0.25) is 0 Å². The molecule has 1 aliphatic rings. The fourth-order valence-electron chi connectivity index (χ4n) is 3.73. The summed E-state index contributed by atoms with van der Waals surface area (Å²) in [5, 5.41) is 10.8. The van der Waals surface area contributed by atoms with Gasteiger partial charge in [0.25, 0.3) is 0 Å². The number of nitrogens with two attached hydrogens (primary N) is 1. The molecule has 1 unspecified atom stereocenters. The average Bonchev–Trinajstić information content (AvgIpc) is 3.07. The SMILES string of the molecule is COc1cc(C2C(C#N)=C(N)Oc3c2ccc2ccn(C)c32)cc(Br)c1OC. The van der Waals surface area contributed by atoms with Crippen molar-refractivity contribution in [3.8, 4) is 23.3 Å². The van der Waals surface area contributed by atoms with Gasteiger partial charge in [0.05, 0.1) is 30.1 Å². The molecule has 0 fully saturated rings. The molecule has 7 heteroatoms. The minimum Gasteiger partial charge on any atom is -0.493 e. The van der Waals surface area contributed by atoms with Crippen LogP contribution < -0.4 is 19.9 Å². The van der Waals surface area contributed by atoms with Gasteiger partial charge >= 0.3 is 0 Å². The second kappa shape index (κ2) is 6.80. The first-order valence-electron chi connectivity index (χ1n) is 8.57. The fraction of sp³-hybridized carbons (Fsp3) is 0.190. The fourth-order valence-corrected chi connectivity index (χ4v) is 4.36. The van der Waals surface area contributed by atoms with Crippen molar-refractivity contribution in [3.05, 3.63) is 63.6 Å². The highest BCUT2D eigenvalue weighted by Crippen LogP contribution is 2.48. The number of fused-ring (bicyclic) bond motifs is 3. The van der Waals surface area contributed by atoms with Gasteiger partial charge in [-0.2, -0.15) is 5.26 Å². The van der Waals surface area contributed by atoms with E-state index in [2.05, 4.69) is 22.0 Å². The van der Waals surface area contributed by atoms with Gasteiger partial charge < -0.3 is 24.5 Å². The summed E-state index contributed by atoms with van der Waals surface area (Å²) in [7, 11) is 5.11. The molecule has 0 spiro atoms. The Labute approximate surface area is 170 Å². The zero-order chi connectivity index (χ0) is 20.0. The van der Waals surface area contributed by atoms with Crippen LogP contribution in [0.2, 0.25) is 0 Å². The van der Waals surface area contributed by atoms with E-state index in [0.717, 1.165) is 26.5 Å². The second-order valence-corrected chi connectivity index (χ2v) is 7.37. The molecule has 2 N–H and O–H groups in total. The second-order valence-electron chi connectivity index (χ2n) is 6.51. The van der Waals surface area contributed by atoms with Crippen LogP contribution in [0.1, 0.15) is 17.0 Å². The monoisotopic (exact) mass is 439 g/mol. The van der Waals surface area contributed by atoms with Gasteiger partial charge in [-0.15, -0.1) is 0 Å². The van der Waals surface area contributed by atoms with Crippen LogP contribution in [0.4, 0.5) is 0 Å². The van der Waals surface area contributed by atoms with Gasteiger partial charge in [0.1, 0.15) is 11.6 Å². The molecule has 0 amide bonds. The molecule has 2 heterocycles. The molecule has 0 radical (unpaired) electrons. The van der Waals surface area contributed by atoms with Crippen LogP contribution in [0.15, 0.2) is 52.5 Å². The Kier molecular flexibility index (Phi) is 4.44. The van der Waals surface area contributed by atoms with Crippen molar-refractivity contribution < 1.29 is 14.2 Å². The number of benzene rings is 2. The van der Waals surface area contributed by atoms with E-state index in [1.807, 2.05) is 48.1 Å². The first kappa shape index (κ1) is 18.3. The standard InChI is InChI=1S/C21H18BrN3O3/c1-25-7-6-11-4-5-13-17(14(10-23)21(24)28-19(13)18(11)25)12-8-15(22)20(27-3)16(9-12)26-2/h4-9,17H,24H2,1-3H3. The molecule has 1 aliphatic heterocycles. The first-order chi connectivity index (χ1) is 13.5. The van der Waals surface area contributed by atoms with Crippen molar-refractivity contribution in [3.63, 3.8) is 0 Å². The largest absolute Gasteiger partial charge is 0.493 e. The van der Waals surface area contributed by atoms with Gasteiger partial charge in [-0.1, -0.05) is 12.1 Å². The van der Waals surface area contributed by atoms with E-state index in [1.54, 1.807) is 14.2 Å². The van der Waals surface area contributed by atoms with Crippen LogP contribution >= 0.6 is 15.9 Å². The number of ether oxygens (including phenoxy) is 3. The Balaban J connectivity index is 2.02. The first-order valence-corrected chi connectivity index (χ1v) is 9.36. The minimum absolute atomic E-state index is 0.111. The molecule has 2 aromatic carbocycles. The van der Waals surface area contributed by atoms with Gasteiger partial charge in [0, 0.05) is 24.2 Å². The predicted octanol–water partition coefficient (Wildman–Crippen LogP) is 4.18. The third kappa shape index (κ3) is 2.60. The van der Waals surface area contributed by atoms with E-state index in [9.17, 15) is 5.26 Å². The Morgan fingerprint density at radius 2 is 2.00 bits per heavy atom. The highest BCUT2D eigenvalue weighted by Gasteiger charge is 2.33. The zero-order valence-corrected chi connectivity index (χ0v) is 17.2. The average molecular weight is 440 g/mol. The summed E-state index contributed by atoms with van der Waals surface area (Å²) in [6, 6.07) is 12.0. The van der Waals surface area contributed by atoms with E-state index in [1.165, 1.54) is 0 Å². The van der Waals surface area contributed by atoms with E-state index >= 15 is 0 Å². The van der Waals surface area contributed by atoms with Crippen LogP contribution in [0, 0.1) is 11.3 Å². The summed E-state index contributed by atoms with van der Waals surface area (Å²) >= 11 is 3.54. The number of halogens is 1.